The SMILES string of the molecule is O=C(CSc1ccccc1F)NNC(=O)c1ccc(NS(=O)(=O)/C=C/c2ccccc2)cc1. The lowest BCUT2D eigenvalue weighted by Gasteiger charge is -2.09. The van der Waals surface area contributed by atoms with E-state index in [9.17, 15) is 22.4 Å². The molecule has 170 valence electrons. The van der Waals surface area contributed by atoms with Crippen molar-refractivity contribution in [2.24, 2.45) is 0 Å². The summed E-state index contributed by atoms with van der Waals surface area (Å²) in [5.41, 5.74) is 5.73. The topological polar surface area (TPSA) is 104 Å². The Morgan fingerprint density at radius 3 is 2.24 bits per heavy atom. The number of anilines is 1. The van der Waals surface area contributed by atoms with Crippen molar-refractivity contribution in [1.29, 1.82) is 0 Å². The number of halogens is 1. The van der Waals surface area contributed by atoms with Crippen molar-refractivity contribution < 1.29 is 22.4 Å². The van der Waals surface area contributed by atoms with Crippen LogP contribution in [0.25, 0.3) is 6.08 Å². The molecule has 7 nitrogen and oxygen atoms in total. The summed E-state index contributed by atoms with van der Waals surface area (Å²) >= 11 is 1.00. The zero-order valence-electron chi connectivity index (χ0n) is 17.2. The highest BCUT2D eigenvalue weighted by molar-refractivity contribution is 8.00. The van der Waals surface area contributed by atoms with Crippen molar-refractivity contribution in [3.63, 3.8) is 0 Å². The van der Waals surface area contributed by atoms with Crippen molar-refractivity contribution >= 4 is 45.4 Å². The van der Waals surface area contributed by atoms with Crippen molar-refractivity contribution in [2.75, 3.05) is 10.5 Å². The first-order chi connectivity index (χ1) is 15.8. The van der Waals surface area contributed by atoms with Crippen molar-refractivity contribution in [3.05, 3.63) is 101 Å². The molecule has 0 unspecified atom stereocenters. The molecule has 0 aliphatic heterocycles. The number of hydrazine groups is 1. The molecular weight excluding hydrogens is 465 g/mol. The number of hydrogen-bond donors (Lipinski definition) is 3. The fourth-order valence-electron chi connectivity index (χ4n) is 2.56. The Labute approximate surface area is 195 Å². The number of rotatable bonds is 8. The zero-order valence-corrected chi connectivity index (χ0v) is 18.8. The van der Waals surface area contributed by atoms with Crippen LogP contribution < -0.4 is 15.6 Å². The van der Waals surface area contributed by atoms with E-state index in [0.29, 0.717) is 4.90 Å². The van der Waals surface area contributed by atoms with Gasteiger partial charge in [0.25, 0.3) is 15.9 Å². The molecule has 0 atom stereocenters. The number of nitrogens with one attached hydrogen (secondary N) is 3. The minimum atomic E-state index is -3.74. The third kappa shape index (κ3) is 7.78. The van der Waals surface area contributed by atoms with Crippen LogP contribution in [0, 0.1) is 5.82 Å². The molecular formula is C23H20FN3O4S2. The molecule has 0 aromatic heterocycles. The van der Waals surface area contributed by atoms with Gasteiger partial charge in [0.05, 0.1) is 11.2 Å². The van der Waals surface area contributed by atoms with Crippen LogP contribution in [0.4, 0.5) is 10.1 Å². The number of carbonyl (C=O) groups excluding carboxylic acids is 2. The van der Waals surface area contributed by atoms with E-state index in [1.54, 1.807) is 42.5 Å². The Bertz CT molecular complexity index is 1250. The van der Waals surface area contributed by atoms with Gasteiger partial charge in [0.15, 0.2) is 0 Å². The van der Waals surface area contributed by atoms with Gasteiger partial charge in [0.2, 0.25) is 5.91 Å². The van der Waals surface area contributed by atoms with E-state index in [1.165, 1.54) is 36.4 Å². The molecule has 0 radical (unpaired) electrons. The largest absolute Gasteiger partial charge is 0.280 e. The molecule has 10 heteroatoms. The van der Waals surface area contributed by atoms with Crippen LogP contribution in [0.3, 0.4) is 0 Å². The summed E-state index contributed by atoms with van der Waals surface area (Å²) in [6, 6.07) is 20.7. The quantitative estimate of drug-likeness (QED) is 0.333. The van der Waals surface area contributed by atoms with Gasteiger partial charge < -0.3 is 0 Å². The number of benzene rings is 3. The van der Waals surface area contributed by atoms with Gasteiger partial charge in [0, 0.05) is 16.1 Å². The predicted molar refractivity (Wildman–Crippen MR) is 127 cm³/mol. The van der Waals surface area contributed by atoms with E-state index < -0.39 is 27.7 Å². The third-order valence-electron chi connectivity index (χ3n) is 4.16. The van der Waals surface area contributed by atoms with Crippen LogP contribution in [0.5, 0.6) is 0 Å². The zero-order chi connectivity index (χ0) is 23.7. The summed E-state index contributed by atoms with van der Waals surface area (Å²) in [5.74, 6) is -1.60. The highest BCUT2D eigenvalue weighted by Gasteiger charge is 2.11. The van der Waals surface area contributed by atoms with Crippen molar-refractivity contribution in [1.82, 2.24) is 10.9 Å². The van der Waals surface area contributed by atoms with Crippen LogP contribution in [-0.2, 0) is 14.8 Å². The molecule has 0 bridgehead atoms. The summed E-state index contributed by atoms with van der Waals surface area (Å²) in [5, 5.41) is 1.05. The van der Waals surface area contributed by atoms with E-state index in [1.807, 2.05) is 6.07 Å². The maximum atomic E-state index is 13.6. The molecule has 0 spiro atoms. The lowest BCUT2D eigenvalue weighted by molar-refractivity contribution is -0.119. The van der Waals surface area contributed by atoms with E-state index in [4.69, 9.17) is 0 Å². The van der Waals surface area contributed by atoms with Gasteiger partial charge in [-0.15, -0.1) is 11.8 Å². The van der Waals surface area contributed by atoms with Crippen LogP contribution >= 0.6 is 11.8 Å². The first-order valence-electron chi connectivity index (χ1n) is 9.65. The molecule has 0 heterocycles. The predicted octanol–water partition coefficient (Wildman–Crippen LogP) is 3.79. The monoisotopic (exact) mass is 485 g/mol. The Kier molecular flexibility index (Phi) is 8.22. The smallest absolute Gasteiger partial charge is 0.269 e. The van der Waals surface area contributed by atoms with Crippen LogP contribution in [0.15, 0.2) is 89.2 Å². The van der Waals surface area contributed by atoms with Crippen LogP contribution in [0.1, 0.15) is 15.9 Å². The molecule has 3 aromatic carbocycles. The van der Waals surface area contributed by atoms with E-state index >= 15 is 0 Å². The minimum Gasteiger partial charge on any atom is -0.280 e. The van der Waals surface area contributed by atoms with Crippen LogP contribution in [-0.4, -0.2) is 26.0 Å². The molecule has 0 saturated carbocycles. The molecule has 2 amide bonds. The number of sulfonamides is 1. The minimum absolute atomic E-state index is 0.0849. The summed E-state index contributed by atoms with van der Waals surface area (Å²) in [6.07, 6.45) is 1.47. The van der Waals surface area contributed by atoms with E-state index in [-0.39, 0.29) is 17.0 Å². The van der Waals surface area contributed by atoms with Gasteiger partial charge in [-0.2, -0.15) is 0 Å². The second-order valence-electron chi connectivity index (χ2n) is 6.66. The van der Waals surface area contributed by atoms with Gasteiger partial charge in [0.1, 0.15) is 5.82 Å². The maximum absolute atomic E-state index is 13.6. The Balaban J connectivity index is 1.48. The first kappa shape index (κ1) is 24.0. The second kappa shape index (κ2) is 11.3. The number of carbonyl (C=O) groups is 2. The summed E-state index contributed by atoms with van der Waals surface area (Å²) in [4.78, 5) is 24.4. The standard InChI is InChI=1S/C23H20FN3O4S2/c24-20-8-4-5-9-21(20)32-16-22(28)25-26-23(29)18-10-12-19(13-11-18)27-33(30,31)15-14-17-6-2-1-3-7-17/h1-15,27H,16H2,(H,25,28)(H,26,29)/b15-14+. The number of amides is 2. The summed E-state index contributed by atoms with van der Waals surface area (Å²) in [6.45, 7) is 0. The van der Waals surface area contributed by atoms with Crippen LogP contribution in [0.2, 0.25) is 0 Å². The fraction of sp³-hybridized carbons (Fsp3) is 0.0435. The molecule has 33 heavy (non-hydrogen) atoms. The lowest BCUT2D eigenvalue weighted by Crippen LogP contribution is -2.42. The Morgan fingerprint density at radius 1 is 0.879 bits per heavy atom. The van der Waals surface area contributed by atoms with Crippen molar-refractivity contribution in [2.45, 2.75) is 4.90 Å². The average molecular weight is 486 g/mol. The first-order valence-corrected chi connectivity index (χ1v) is 12.2. The maximum Gasteiger partial charge on any atom is 0.269 e. The highest BCUT2D eigenvalue weighted by atomic mass is 32.2. The van der Waals surface area contributed by atoms with E-state index in [2.05, 4.69) is 15.6 Å². The third-order valence-corrected chi connectivity index (χ3v) is 6.22. The van der Waals surface area contributed by atoms with Gasteiger partial charge >= 0.3 is 0 Å². The highest BCUT2D eigenvalue weighted by Crippen LogP contribution is 2.20. The van der Waals surface area contributed by atoms with E-state index in [0.717, 1.165) is 22.7 Å². The second-order valence-corrected chi connectivity index (χ2v) is 9.24. The number of hydrogen-bond acceptors (Lipinski definition) is 5. The molecule has 0 aliphatic carbocycles. The lowest BCUT2D eigenvalue weighted by atomic mass is 10.2. The van der Waals surface area contributed by atoms with Gasteiger partial charge in [-0.25, -0.2) is 12.8 Å². The Hall–Kier alpha value is -3.63. The van der Waals surface area contributed by atoms with Gasteiger partial charge in [-0.1, -0.05) is 42.5 Å². The summed E-state index contributed by atoms with van der Waals surface area (Å²) < 4.78 is 40.4. The average Bonchev–Trinajstić information content (AvgIpc) is 2.82. The Morgan fingerprint density at radius 2 is 1.55 bits per heavy atom. The molecule has 3 aromatic rings. The van der Waals surface area contributed by atoms with Gasteiger partial charge in [-0.3, -0.25) is 25.2 Å². The molecule has 3 N–H and O–H groups in total. The molecule has 3 rings (SSSR count). The molecule has 0 saturated heterocycles. The fourth-order valence-corrected chi connectivity index (χ4v) is 4.17. The van der Waals surface area contributed by atoms with Crippen molar-refractivity contribution in [3.8, 4) is 0 Å². The molecule has 0 fully saturated rings. The summed E-state index contributed by atoms with van der Waals surface area (Å²) in [7, 11) is -3.74. The normalized spacial score (nSPS) is 11.2. The van der Waals surface area contributed by atoms with Gasteiger partial charge in [-0.05, 0) is 48.0 Å². The molecule has 0 aliphatic rings. The number of thioether (sulfide) groups is 1.